The lowest BCUT2D eigenvalue weighted by Gasteiger charge is -2.24. The maximum absolute atomic E-state index is 12.8. The van der Waals surface area contributed by atoms with Gasteiger partial charge in [-0.25, -0.2) is 4.57 Å². The molecule has 1 saturated heterocycles. The number of rotatable bonds is 46. The molecule has 1 N–H and O–H groups in total. The molecule has 1 aliphatic heterocycles. The third kappa shape index (κ3) is 41.4. The fraction of sp³-hybridized carbons (Fsp3) is 0.846. The highest BCUT2D eigenvalue weighted by atomic mass is 31.2. The Morgan fingerprint density at radius 2 is 1.02 bits per heavy atom. The standard InChI is InChI=1S/C52H96NO9P/c1-6-8-10-12-14-15-16-17-18-19-20-21-22-23-24-25-26-27-30-35-39-43-52(55)61-48(47-60-63(56,57)59-45-44-53(3,4)5)46-58-51(54)42-38-34-31-28-29-33-37-41-50-49(62-50)40-36-32-13-11-9-7-2/h28,31-33,36-37,48-50H,6-27,29-30,34-35,38-47H2,1-5H3/p+1/b31-28-,36-32-,37-33-/t48-,49?,50?/m1/s1. The van der Waals surface area contributed by atoms with E-state index in [-0.39, 0.29) is 26.1 Å². The van der Waals surface area contributed by atoms with Crippen LogP contribution in [0.3, 0.4) is 0 Å². The molecule has 1 heterocycles. The minimum atomic E-state index is -4.39. The van der Waals surface area contributed by atoms with Gasteiger partial charge in [0.1, 0.15) is 19.8 Å². The van der Waals surface area contributed by atoms with Crippen molar-refractivity contribution in [3.8, 4) is 0 Å². The number of carbonyl (C=O) groups excluding carboxylic acids is 2. The number of phosphoric ester groups is 1. The Labute approximate surface area is 386 Å². The van der Waals surface area contributed by atoms with Gasteiger partial charge in [0.15, 0.2) is 6.10 Å². The summed E-state index contributed by atoms with van der Waals surface area (Å²) in [6, 6.07) is 0. The monoisotopic (exact) mass is 911 g/mol. The molecule has 3 unspecified atom stereocenters. The predicted molar refractivity (Wildman–Crippen MR) is 261 cm³/mol. The number of allylic oxidation sites excluding steroid dienone is 4. The average Bonchev–Trinajstić information content (AvgIpc) is 4.00. The molecule has 0 aromatic carbocycles. The van der Waals surface area contributed by atoms with Crippen LogP contribution in [0.2, 0.25) is 0 Å². The molecule has 0 aromatic rings. The Bertz CT molecular complexity index is 1230. The largest absolute Gasteiger partial charge is 0.472 e. The van der Waals surface area contributed by atoms with Gasteiger partial charge in [0.05, 0.1) is 40.0 Å². The Morgan fingerprint density at radius 1 is 0.571 bits per heavy atom. The van der Waals surface area contributed by atoms with Crippen molar-refractivity contribution in [1.82, 2.24) is 0 Å². The first-order valence-corrected chi connectivity index (χ1v) is 27.3. The second kappa shape index (κ2) is 40.5. The molecule has 11 heteroatoms. The predicted octanol–water partition coefficient (Wildman–Crippen LogP) is 14.2. The topological polar surface area (TPSA) is 121 Å². The zero-order chi connectivity index (χ0) is 46.1. The van der Waals surface area contributed by atoms with Gasteiger partial charge in [-0.05, 0) is 51.4 Å². The first kappa shape index (κ1) is 59.2. The van der Waals surface area contributed by atoms with Crippen molar-refractivity contribution in [2.24, 2.45) is 0 Å². The summed E-state index contributed by atoms with van der Waals surface area (Å²) in [5.74, 6) is -0.861. The highest BCUT2D eigenvalue weighted by Crippen LogP contribution is 2.43. The second-order valence-corrected chi connectivity index (χ2v) is 20.4. The summed E-state index contributed by atoms with van der Waals surface area (Å²) in [7, 11) is 1.45. The van der Waals surface area contributed by atoms with E-state index in [0.29, 0.717) is 36.1 Å². The number of hydrogen-bond acceptors (Lipinski definition) is 8. The Kier molecular flexibility index (Phi) is 38.0. The van der Waals surface area contributed by atoms with Gasteiger partial charge in [0.2, 0.25) is 0 Å². The van der Waals surface area contributed by atoms with E-state index >= 15 is 0 Å². The van der Waals surface area contributed by atoms with Crippen LogP contribution in [-0.2, 0) is 37.4 Å². The van der Waals surface area contributed by atoms with Gasteiger partial charge in [-0.1, -0.05) is 192 Å². The van der Waals surface area contributed by atoms with E-state index < -0.39 is 32.5 Å². The van der Waals surface area contributed by atoms with Crippen LogP contribution in [0.25, 0.3) is 0 Å². The van der Waals surface area contributed by atoms with Crippen LogP contribution in [0.5, 0.6) is 0 Å². The van der Waals surface area contributed by atoms with Gasteiger partial charge in [-0.3, -0.25) is 18.6 Å². The number of epoxide rings is 1. The number of likely N-dealkylation sites (N-methyl/N-ethyl adjacent to an activating group) is 1. The number of carbonyl (C=O) groups is 2. The minimum absolute atomic E-state index is 0.0220. The van der Waals surface area contributed by atoms with Crippen LogP contribution in [0.1, 0.15) is 219 Å². The van der Waals surface area contributed by atoms with E-state index in [2.05, 4.69) is 50.3 Å². The van der Waals surface area contributed by atoms with Crippen LogP contribution in [0.15, 0.2) is 36.5 Å². The van der Waals surface area contributed by atoms with E-state index in [1.807, 2.05) is 21.1 Å². The van der Waals surface area contributed by atoms with Crippen molar-refractivity contribution in [2.75, 3.05) is 47.5 Å². The van der Waals surface area contributed by atoms with E-state index in [1.165, 1.54) is 135 Å². The average molecular weight is 911 g/mol. The number of esters is 2. The van der Waals surface area contributed by atoms with Crippen molar-refractivity contribution in [3.05, 3.63) is 36.5 Å². The van der Waals surface area contributed by atoms with Crippen molar-refractivity contribution >= 4 is 19.8 Å². The number of nitrogens with zero attached hydrogens (tertiary/aromatic N) is 1. The number of unbranched alkanes of at least 4 members (excludes halogenated alkanes) is 24. The molecule has 1 fully saturated rings. The van der Waals surface area contributed by atoms with Crippen molar-refractivity contribution in [1.29, 1.82) is 0 Å². The van der Waals surface area contributed by atoms with Crippen LogP contribution in [0, 0.1) is 0 Å². The fourth-order valence-electron chi connectivity index (χ4n) is 7.40. The van der Waals surface area contributed by atoms with Gasteiger partial charge in [0, 0.05) is 12.8 Å². The van der Waals surface area contributed by atoms with Gasteiger partial charge in [-0.15, -0.1) is 0 Å². The zero-order valence-corrected chi connectivity index (χ0v) is 42.2. The molecular formula is C52H97NO9P+. The summed E-state index contributed by atoms with van der Waals surface area (Å²) in [5.41, 5.74) is 0. The van der Waals surface area contributed by atoms with E-state index in [0.717, 1.165) is 44.9 Å². The normalized spacial score (nSPS) is 16.9. The highest BCUT2D eigenvalue weighted by molar-refractivity contribution is 7.47. The third-order valence-corrected chi connectivity index (χ3v) is 12.6. The van der Waals surface area contributed by atoms with Crippen LogP contribution >= 0.6 is 7.82 Å². The van der Waals surface area contributed by atoms with Crippen LogP contribution < -0.4 is 0 Å². The number of quaternary nitrogens is 1. The van der Waals surface area contributed by atoms with E-state index in [9.17, 15) is 19.0 Å². The first-order chi connectivity index (χ1) is 30.5. The lowest BCUT2D eigenvalue weighted by molar-refractivity contribution is -0.870. The summed E-state index contributed by atoms with van der Waals surface area (Å²) in [5, 5.41) is 0. The molecule has 10 nitrogen and oxygen atoms in total. The van der Waals surface area contributed by atoms with Crippen molar-refractivity contribution in [2.45, 2.75) is 238 Å². The zero-order valence-electron chi connectivity index (χ0n) is 41.3. The summed E-state index contributed by atoms with van der Waals surface area (Å²) < 4.78 is 40.2. The number of phosphoric acid groups is 1. The lowest BCUT2D eigenvalue weighted by Crippen LogP contribution is -2.37. The third-order valence-electron chi connectivity index (χ3n) is 11.6. The molecular weight excluding hydrogens is 814 g/mol. The molecule has 0 bridgehead atoms. The summed E-state index contributed by atoms with van der Waals surface area (Å²) in [6.07, 6.45) is 49.5. The molecule has 0 radical (unpaired) electrons. The van der Waals surface area contributed by atoms with Gasteiger partial charge in [0.25, 0.3) is 0 Å². The highest BCUT2D eigenvalue weighted by Gasteiger charge is 2.36. The maximum atomic E-state index is 12.8. The molecule has 1 rings (SSSR count). The quantitative estimate of drug-likeness (QED) is 0.0159. The molecule has 1 aliphatic rings. The SMILES string of the molecule is CCCCC/C=C\CC1OC1C/C=C\C/C=C\CCCC(=O)OC[C@H](COP(=O)(O)OCC[N+](C)(C)C)OC(=O)CCCCCCCCCCCCCCCCCCCCCCC. The molecule has 0 aliphatic carbocycles. The minimum Gasteiger partial charge on any atom is -0.462 e. The second-order valence-electron chi connectivity index (χ2n) is 18.9. The van der Waals surface area contributed by atoms with Gasteiger partial charge < -0.3 is 23.6 Å². The number of ether oxygens (including phenoxy) is 3. The van der Waals surface area contributed by atoms with Crippen molar-refractivity contribution < 1.29 is 46.8 Å². The summed E-state index contributed by atoms with van der Waals surface area (Å²) in [6.45, 7) is 4.35. The van der Waals surface area contributed by atoms with Crippen LogP contribution in [0.4, 0.5) is 0 Å². The van der Waals surface area contributed by atoms with Gasteiger partial charge >= 0.3 is 19.8 Å². The summed E-state index contributed by atoms with van der Waals surface area (Å²) in [4.78, 5) is 35.5. The van der Waals surface area contributed by atoms with Crippen molar-refractivity contribution in [3.63, 3.8) is 0 Å². The number of hydrogen-bond donors (Lipinski definition) is 1. The summed E-state index contributed by atoms with van der Waals surface area (Å²) >= 11 is 0. The first-order valence-electron chi connectivity index (χ1n) is 25.8. The molecule has 0 aromatic heterocycles. The Morgan fingerprint density at radius 3 is 1.56 bits per heavy atom. The van der Waals surface area contributed by atoms with E-state index in [4.69, 9.17) is 23.3 Å². The smallest absolute Gasteiger partial charge is 0.462 e. The molecule has 0 saturated carbocycles. The van der Waals surface area contributed by atoms with Gasteiger partial charge in [-0.2, -0.15) is 0 Å². The van der Waals surface area contributed by atoms with Crippen LogP contribution in [-0.4, -0.2) is 87.1 Å². The van der Waals surface area contributed by atoms with E-state index in [1.54, 1.807) is 0 Å². The Balaban J connectivity index is 2.23. The molecule has 63 heavy (non-hydrogen) atoms. The molecule has 368 valence electrons. The molecule has 0 amide bonds. The molecule has 0 spiro atoms. The Hall–Kier alpha value is -1.81. The lowest BCUT2D eigenvalue weighted by atomic mass is 10.0. The molecule has 4 atom stereocenters. The fourth-order valence-corrected chi connectivity index (χ4v) is 8.14. The maximum Gasteiger partial charge on any atom is 0.472 e.